The highest BCUT2D eigenvalue weighted by atomic mass is 15.1. The SMILES string of the molecule is c1ccc(-c2cccc(C(c3ccccc3)c3cccc4c3-c3c(N(c5ccccc5)c5cccc(-c6ccccc6)c5)cccc3C43c4ccccc4-n4c5ccccc5c5cccc3c54)c2)cc1. The summed E-state index contributed by atoms with van der Waals surface area (Å²) in [5.74, 6) is -0.0940. The Hall–Kier alpha value is -8.98. The Bertz CT molecular complexity index is 3770. The lowest BCUT2D eigenvalue weighted by Gasteiger charge is -2.40. The molecule has 0 radical (unpaired) electrons. The van der Waals surface area contributed by atoms with Crippen molar-refractivity contribution < 1.29 is 0 Å². The van der Waals surface area contributed by atoms with E-state index in [-0.39, 0.29) is 5.92 Å². The number of fused-ring (bicyclic) bond motifs is 12. The van der Waals surface area contributed by atoms with Crippen molar-refractivity contribution in [2.75, 3.05) is 4.90 Å². The third-order valence-corrected chi connectivity index (χ3v) is 15.1. The Morgan fingerprint density at radius 2 is 0.857 bits per heavy atom. The third kappa shape index (κ3) is 5.93. The zero-order chi connectivity index (χ0) is 46.2. The van der Waals surface area contributed by atoms with E-state index in [9.17, 15) is 0 Å². The molecule has 0 fully saturated rings. The van der Waals surface area contributed by atoms with Crippen molar-refractivity contribution in [3.05, 3.63) is 312 Å². The summed E-state index contributed by atoms with van der Waals surface area (Å²) in [6.07, 6.45) is 0. The van der Waals surface area contributed by atoms with E-state index in [1.54, 1.807) is 0 Å². The van der Waals surface area contributed by atoms with Crippen LogP contribution in [0.5, 0.6) is 0 Å². The van der Waals surface area contributed by atoms with Crippen molar-refractivity contribution in [3.63, 3.8) is 0 Å². The van der Waals surface area contributed by atoms with E-state index in [1.807, 2.05) is 0 Å². The third-order valence-electron chi connectivity index (χ3n) is 15.1. The van der Waals surface area contributed by atoms with E-state index in [0.717, 1.165) is 17.1 Å². The Labute approximate surface area is 408 Å². The molecule has 0 saturated carbocycles. The molecule has 2 heteroatoms. The van der Waals surface area contributed by atoms with Gasteiger partial charge in [-0.2, -0.15) is 0 Å². The molecule has 2 aliphatic rings. The number of benzene rings is 11. The molecule has 1 spiro atoms. The lowest BCUT2D eigenvalue weighted by atomic mass is 9.65. The predicted octanol–water partition coefficient (Wildman–Crippen LogP) is 17.4. The number of anilines is 3. The maximum atomic E-state index is 2.54. The van der Waals surface area contributed by atoms with Gasteiger partial charge in [-0.15, -0.1) is 0 Å². The van der Waals surface area contributed by atoms with Gasteiger partial charge in [0.15, 0.2) is 0 Å². The van der Waals surface area contributed by atoms with Gasteiger partial charge in [-0.25, -0.2) is 0 Å². The Kier molecular flexibility index (Phi) is 9.22. The Morgan fingerprint density at radius 1 is 0.343 bits per heavy atom. The van der Waals surface area contributed by atoms with Crippen LogP contribution in [0.4, 0.5) is 17.1 Å². The summed E-state index contributed by atoms with van der Waals surface area (Å²) >= 11 is 0. The lowest BCUT2D eigenvalue weighted by molar-refractivity contribution is 0.747. The Balaban J connectivity index is 1.13. The fourth-order valence-corrected chi connectivity index (χ4v) is 12.3. The number of nitrogens with zero attached hydrogens (tertiary/aromatic N) is 2. The van der Waals surface area contributed by atoms with Crippen LogP contribution in [-0.2, 0) is 5.41 Å². The highest BCUT2D eigenvalue weighted by Crippen LogP contribution is 2.65. The first kappa shape index (κ1) is 40.1. The van der Waals surface area contributed by atoms with Gasteiger partial charge in [0.2, 0.25) is 0 Å². The molecule has 12 aromatic rings. The molecule has 328 valence electrons. The van der Waals surface area contributed by atoms with Crippen molar-refractivity contribution in [3.8, 4) is 39.1 Å². The average molecular weight is 891 g/mol. The molecule has 70 heavy (non-hydrogen) atoms. The van der Waals surface area contributed by atoms with Crippen LogP contribution in [-0.4, -0.2) is 4.57 Å². The van der Waals surface area contributed by atoms with Gasteiger partial charge in [0.05, 0.1) is 27.8 Å². The molecular weight excluding hydrogens is 845 g/mol. The first-order valence-electron chi connectivity index (χ1n) is 24.4. The summed E-state index contributed by atoms with van der Waals surface area (Å²) in [5.41, 5.74) is 22.6. The second-order valence-electron chi connectivity index (χ2n) is 18.7. The topological polar surface area (TPSA) is 8.17 Å². The zero-order valence-corrected chi connectivity index (χ0v) is 38.5. The van der Waals surface area contributed by atoms with Crippen LogP contribution in [0.15, 0.2) is 273 Å². The fraction of sp³-hybridized carbons (Fsp3) is 0.0294. The molecule has 2 nitrogen and oxygen atoms in total. The van der Waals surface area contributed by atoms with E-state index >= 15 is 0 Å². The summed E-state index contributed by atoms with van der Waals surface area (Å²) in [7, 11) is 0. The molecule has 2 atom stereocenters. The highest BCUT2D eigenvalue weighted by Gasteiger charge is 2.53. The van der Waals surface area contributed by atoms with Gasteiger partial charge in [-0.05, 0) is 109 Å². The van der Waals surface area contributed by atoms with Crippen molar-refractivity contribution in [1.29, 1.82) is 0 Å². The van der Waals surface area contributed by atoms with Crippen molar-refractivity contribution >= 4 is 38.9 Å². The Morgan fingerprint density at radius 3 is 1.63 bits per heavy atom. The number of aromatic nitrogens is 1. The first-order chi connectivity index (χ1) is 34.8. The molecule has 1 aliphatic carbocycles. The van der Waals surface area contributed by atoms with Gasteiger partial charge in [0.1, 0.15) is 0 Å². The number of rotatable bonds is 8. The normalized spacial score (nSPS) is 14.6. The maximum absolute atomic E-state index is 2.54. The van der Waals surface area contributed by atoms with Gasteiger partial charge in [-0.3, -0.25) is 0 Å². The van der Waals surface area contributed by atoms with Crippen molar-refractivity contribution in [2.24, 2.45) is 0 Å². The van der Waals surface area contributed by atoms with Crippen molar-refractivity contribution in [1.82, 2.24) is 4.57 Å². The second kappa shape index (κ2) is 16.1. The van der Waals surface area contributed by atoms with Crippen LogP contribution in [0.1, 0.15) is 44.9 Å². The molecular formula is C68H46N2. The van der Waals surface area contributed by atoms with Crippen LogP contribution in [0.2, 0.25) is 0 Å². The minimum absolute atomic E-state index is 0.0940. The molecule has 0 saturated heterocycles. The molecule has 14 rings (SSSR count). The van der Waals surface area contributed by atoms with Crippen molar-refractivity contribution in [2.45, 2.75) is 11.3 Å². The van der Waals surface area contributed by atoms with Crippen LogP contribution >= 0.6 is 0 Å². The van der Waals surface area contributed by atoms with Gasteiger partial charge >= 0.3 is 0 Å². The molecule has 1 aromatic heterocycles. The average Bonchev–Trinajstić information content (AvgIpc) is 3.94. The molecule has 0 N–H and O–H groups in total. The van der Waals surface area contributed by atoms with Gasteiger partial charge in [0.25, 0.3) is 0 Å². The lowest BCUT2D eigenvalue weighted by Crippen LogP contribution is -2.33. The second-order valence-corrected chi connectivity index (χ2v) is 18.7. The molecule has 1 aliphatic heterocycles. The molecule has 0 amide bonds. The molecule has 11 aromatic carbocycles. The molecule has 2 heterocycles. The minimum atomic E-state index is -0.668. The van der Waals surface area contributed by atoms with Crippen LogP contribution < -0.4 is 4.90 Å². The fourth-order valence-electron chi connectivity index (χ4n) is 12.3. The van der Waals surface area contributed by atoms with E-state index in [1.165, 1.54) is 99.8 Å². The number of para-hydroxylation sites is 4. The zero-order valence-electron chi connectivity index (χ0n) is 38.5. The van der Waals surface area contributed by atoms with Gasteiger partial charge in [0, 0.05) is 33.6 Å². The van der Waals surface area contributed by atoms with Crippen LogP contribution in [0.25, 0.3) is 60.9 Å². The summed E-state index contributed by atoms with van der Waals surface area (Å²) < 4.78 is 2.54. The smallest absolute Gasteiger partial charge is 0.0755 e. The first-order valence-corrected chi connectivity index (χ1v) is 24.4. The van der Waals surface area contributed by atoms with E-state index in [4.69, 9.17) is 0 Å². The quantitative estimate of drug-likeness (QED) is 0.138. The van der Waals surface area contributed by atoms with E-state index < -0.39 is 5.41 Å². The molecule has 2 unspecified atom stereocenters. The monoisotopic (exact) mass is 890 g/mol. The largest absolute Gasteiger partial charge is 0.310 e. The minimum Gasteiger partial charge on any atom is -0.310 e. The predicted molar refractivity (Wildman–Crippen MR) is 291 cm³/mol. The standard InChI is InChI=1S/C68H46N2/c1-5-22-46(23-6-1)49-28-17-30-51(44-49)64(48-26-9-3-10-27-48)56-36-20-38-58-65(56)66-59(68(58)57-37-14-16-42-62(57)70-61-41-15-13-34-54(61)55-35-19-40-60(68)67(55)70)39-21-43-63(66)69(52-31-11-4-12-32-52)53-33-18-29-50(45-53)47-24-7-2-8-25-47/h1-45,64H. The highest BCUT2D eigenvalue weighted by molar-refractivity contribution is 6.13. The van der Waals surface area contributed by atoms with E-state index in [2.05, 4.69) is 282 Å². The summed E-state index contributed by atoms with van der Waals surface area (Å²) in [4.78, 5) is 2.50. The molecule has 0 bridgehead atoms. The summed E-state index contributed by atoms with van der Waals surface area (Å²) in [6, 6.07) is 101. The summed E-state index contributed by atoms with van der Waals surface area (Å²) in [6.45, 7) is 0. The van der Waals surface area contributed by atoms with Gasteiger partial charge < -0.3 is 9.47 Å². The van der Waals surface area contributed by atoms with Crippen LogP contribution in [0.3, 0.4) is 0 Å². The maximum Gasteiger partial charge on any atom is 0.0755 e. The number of hydrogen-bond acceptors (Lipinski definition) is 1. The van der Waals surface area contributed by atoms with Gasteiger partial charge in [-0.1, -0.05) is 231 Å². The number of hydrogen-bond donors (Lipinski definition) is 0. The summed E-state index contributed by atoms with van der Waals surface area (Å²) in [5, 5.41) is 2.54. The van der Waals surface area contributed by atoms with Crippen LogP contribution in [0, 0.1) is 0 Å². The van der Waals surface area contributed by atoms with E-state index in [0.29, 0.717) is 0 Å².